The number of aromatic nitrogens is 2. The lowest BCUT2D eigenvalue weighted by atomic mass is 9.99. The Morgan fingerprint density at radius 2 is 1.81 bits per heavy atom. The predicted molar refractivity (Wildman–Crippen MR) is 116 cm³/mol. The number of rotatable bonds is 6. The van der Waals surface area contributed by atoms with E-state index in [-0.39, 0.29) is 22.9 Å². The largest absolute Gasteiger partial charge is 0.454 e. The van der Waals surface area contributed by atoms with Crippen molar-refractivity contribution in [2.24, 2.45) is 0 Å². The first kappa shape index (κ1) is 21.6. The maximum Gasteiger partial charge on any atom is 0.232 e. The lowest BCUT2D eigenvalue weighted by Gasteiger charge is -2.18. The van der Waals surface area contributed by atoms with Crippen molar-refractivity contribution in [2.45, 2.75) is 13.8 Å². The average Bonchev–Trinajstić information content (AvgIpc) is 3.24. The topological polar surface area (TPSA) is 93.5 Å². The van der Waals surface area contributed by atoms with Gasteiger partial charge in [-0.25, -0.2) is 17.2 Å². The molecule has 7 nitrogen and oxygen atoms in total. The quantitative estimate of drug-likeness (QED) is 0.395. The van der Waals surface area contributed by atoms with Gasteiger partial charge in [0, 0.05) is 29.1 Å². The summed E-state index contributed by atoms with van der Waals surface area (Å²) in [7, 11) is -3.55. The molecule has 0 spiro atoms. The highest BCUT2D eigenvalue weighted by atomic mass is 32.2. The molecule has 10 heteroatoms. The number of pyridine rings is 1. The summed E-state index contributed by atoms with van der Waals surface area (Å²) in [6.07, 6.45) is 1.52. The van der Waals surface area contributed by atoms with Crippen molar-refractivity contribution in [1.82, 2.24) is 9.71 Å². The molecule has 2 heterocycles. The number of hydrogen-bond acceptors (Lipinski definition) is 5. The second-order valence-corrected chi connectivity index (χ2v) is 9.09. The molecule has 0 amide bonds. The van der Waals surface area contributed by atoms with E-state index in [2.05, 4.69) is 9.71 Å². The Kier molecular flexibility index (Phi) is 5.47. The van der Waals surface area contributed by atoms with Crippen LogP contribution in [0.15, 0.2) is 54.7 Å². The van der Waals surface area contributed by atoms with Crippen molar-refractivity contribution >= 4 is 15.7 Å². The number of hydrogen-bond donors (Lipinski definition) is 2. The van der Waals surface area contributed by atoms with Crippen LogP contribution in [-0.2, 0) is 10.0 Å². The van der Waals surface area contributed by atoms with Crippen LogP contribution in [0.25, 0.3) is 22.5 Å². The Balaban J connectivity index is 1.90. The molecule has 2 aliphatic heterocycles. The summed E-state index contributed by atoms with van der Waals surface area (Å²) in [4.78, 5) is 4.30. The highest BCUT2D eigenvalue weighted by Crippen LogP contribution is 2.41. The Bertz CT molecular complexity index is 1390. The average molecular weight is 459 g/mol. The maximum absolute atomic E-state index is 14.2. The zero-order valence-corrected chi connectivity index (χ0v) is 18.0. The molecule has 0 saturated heterocycles. The number of nitrogens with one attached hydrogen (secondary N) is 1. The zero-order chi connectivity index (χ0) is 23.0. The summed E-state index contributed by atoms with van der Waals surface area (Å²) in [5.74, 6) is -1.76. The van der Waals surface area contributed by atoms with E-state index in [1.54, 1.807) is 19.1 Å². The van der Waals surface area contributed by atoms with Crippen LogP contribution < -0.4 is 9.46 Å². The fourth-order valence-corrected chi connectivity index (χ4v) is 3.89. The van der Waals surface area contributed by atoms with Crippen LogP contribution in [0.3, 0.4) is 0 Å². The number of benzene rings is 2. The molecule has 2 aromatic rings. The van der Waals surface area contributed by atoms with Gasteiger partial charge in [-0.3, -0.25) is 9.71 Å². The van der Waals surface area contributed by atoms with Gasteiger partial charge in [0.05, 0.1) is 17.1 Å². The molecule has 32 heavy (non-hydrogen) atoms. The van der Waals surface area contributed by atoms with Gasteiger partial charge in [0.15, 0.2) is 11.6 Å². The van der Waals surface area contributed by atoms with Crippen molar-refractivity contribution in [3.8, 4) is 34.0 Å². The minimum absolute atomic E-state index is 0.120. The van der Waals surface area contributed by atoms with Crippen LogP contribution in [0.2, 0.25) is 0 Å². The molecule has 0 unspecified atom stereocenters. The van der Waals surface area contributed by atoms with Crippen molar-refractivity contribution in [1.29, 1.82) is 0 Å². The van der Waals surface area contributed by atoms with E-state index in [9.17, 15) is 22.4 Å². The fraction of sp³-hybridized carbons (Fsp3) is 0.136. The Morgan fingerprint density at radius 3 is 2.53 bits per heavy atom. The molecule has 0 radical (unpaired) electrons. The first-order valence-electron chi connectivity index (χ1n) is 9.62. The number of fused-ring (bicyclic) bond motifs is 1. The highest BCUT2D eigenvalue weighted by Gasteiger charge is 2.22. The third-order valence-electron chi connectivity index (χ3n) is 4.89. The normalized spacial score (nSPS) is 11.6. The van der Waals surface area contributed by atoms with E-state index in [0.717, 1.165) is 16.9 Å². The minimum Gasteiger partial charge on any atom is -0.454 e. The van der Waals surface area contributed by atoms with E-state index in [0.29, 0.717) is 34.3 Å². The predicted octanol–water partition coefficient (Wildman–Crippen LogP) is 5.03. The van der Waals surface area contributed by atoms with Crippen LogP contribution >= 0.6 is 0 Å². The van der Waals surface area contributed by atoms with Gasteiger partial charge in [-0.1, -0.05) is 0 Å². The van der Waals surface area contributed by atoms with Crippen molar-refractivity contribution in [3.63, 3.8) is 0 Å². The second-order valence-electron chi connectivity index (χ2n) is 7.08. The van der Waals surface area contributed by atoms with Crippen LogP contribution in [0.4, 0.5) is 14.5 Å². The molecule has 2 aliphatic rings. The number of anilines is 1. The molecule has 4 rings (SSSR count). The summed E-state index contributed by atoms with van der Waals surface area (Å²) in [5.41, 5.74) is 2.54. The lowest BCUT2D eigenvalue weighted by molar-refractivity contribution is 0.182. The second kappa shape index (κ2) is 8.12. The first-order chi connectivity index (χ1) is 15.2. The van der Waals surface area contributed by atoms with Crippen molar-refractivity contribution in [2.75, 3.05) is 10.5 Å². The van der Waals surface area contributed by atoms with E-state index >= 15 is 0 Å². The Hall–Kier alpha value is -3.66. The Labute approximate surface area is 183 Å². The molecule has 2 N–H and O–H groups in total. The zero-order valence-electron chi connectivity index (χ0n) is 17.1. The van der Waals surface area contributed by atoms with Gasteiger partial charge < -0.3 is 9.94 Å². The van der Waals surface area contributed by atoms with E-state index in [4.69, 9.17) is 4.74 Å². The Morgan fingerprint density at radius 1 is 1.06 bits per heavy atom. The van der Waals surface area contributed by atoms with Crippen molar-refractivity contribution < 1.29 is 27.1 Å². The molecule has 0 bridgehead atoms. The van der Waals surface area contributed by atoms with Gasteiger partial charge in [-0.2, -0.15) is 4.73 Å². The van der Waals surface area contributed by atoms with Gasteiger partial charge in [0.1, 0.15) is 17.3 Å². The SMILES string of the molecule is CCS(=O)(=O)Nc1ccc(Oc2ccc(F)cc2F)c(-c2cc(C)n(O)c3ccnc2-3)c1. The van der Waals surface area contributed by atoms with E-state index in [1.165, 1.54) is 31.3 Å². The summed E-state index contributed by atoms with van der Waals surface area (Å²) < 4.78 is 60.9. The van der Waals surface area contributed by atoms with Gasteiger partial charge >= 0.3 is 0 Å². The van der Waals surface area contributed by atoms with Crippen molar-refractivity contribution in [3.05, 3.63) is 72.1 Å². The third kappa shape index (κ3) is 4.09. The fourth-order valence-electron chi connectivity index (χ4n) is 3.26. The molecule has 0 atom stereocenters. The van der Waals surface area contributed by atoms with Gasteiger partial charge in [0.2, 0.25) is 10.0 Å². The molecule has 166 valence electrons. The number of ether oxygens (including phenoxy) is 1. The lowest BCUT2D eigenvalue weighted by Crippen LogP contribution is -2.14. The van der Waals surface area contributed by atoms with Crippen LogP contribution in [0.1, 0.15) is 12.6 Å². The number of nitrogens with zero attached hydrogens (tertiary/aromatic N) is 2. The number of aryl methyl sites for hydroxylation is 1. The van der Waals surface area contributed by atoms with Gasteiger partial charge in [-0.15, -0.1) is 0 Å². The summed E-state index contributed by atoms with van der Waals surface area (Å²) in [6, 6.07) is 10.7. The molecule has 0 fully saturated rings. The standard InChI is InChI=1S/C22H19F2N3O4S/c1-3-32(29,30)26-15-5-7-20(31-21-6-4-14(23)11-18(21)24)16(12-15)17-10-13(2)27(28)19-8-9-25-22(17)19/h4-12,26,28H,3H2,1-2H3. The van der Waals surface area contributed by atoms with E-state index < -0.39 is 21.7 Å². The van der Waals surface area contributed by atoms with Crippen LogP contribution in [0, 0.1) is 18.6 Å². The molecular weight excluding hydrogens is 440 g/mol. The smallest absolute Gasteiger partial charge is 0.232 e. The third-order valence-corrected chi connectivity index (χ3v) is 6.19. The van der Waals surface area contributed by atoms with Gasteiger partial charge in [0.25, 0.3) is 0 Å². The first-order valence-corrected chi connectivity index (χ1v) is 11.3. The van der Waals surface area contributed by atoms with Crippen LogP contribution in [-0.4, -0.2) is 29.1 Å². The number of sulfonamides is 1. The maximum atomic E-state index is 14.2. The van der Waals surface area contributed by atoms with Gasteiger partial charge in [-0.05, 0) is 56.3 Å². The molecular formula is C22H19F2N3O4S. The highest BCUT2D eigenvalue weighted by molar-refractivity contribution is 7.92. The molecule has 0 aliphatic carbocycles. The summed E-state index contributed by atoms with van der Waals surface area (Å²) >= 11 is 0. The molecule has 0 aromatic heterocycles. The number of halogens is 2. The minimum atomic E-state index is -3.55. The summed E-state index contributed by atoms with van der Waals surface area (Å²) in [6.45, 7) is 3.19. The molecule has 2 aromatic carbocycles. The molecule has 0 saturated carbocycles. The monoisotopic (exact) mass is 459 g/mol. The summed E-state index contributed by atoms with van der Waals surface area (Å²) in [5, 5.41) is 10.3. The van der Waals surface area contributed by atoms with Crippen LogP contribution in [0.5, 0.6) is 11.5 Å². The van der Waals surface area contributed by atoms with E-state index in [1.807, 2.05) is 0 Å².